The minimum atomic E-state index is -4.62. The Kier molecular flexibility index (Phi) is 7.41. The number of carbonyl (C=O) groups excluding carboxylic acids is 1. The molecule has 0 unspecified atom stereocenters. The van der Waals surface area contributed by atoms with E-state index in [0.717, 1.165) is 16.4 Å². The third-order valence-corrected chi connectivity index (χ3v) is 4.77. The monoisotopic (exact) mass is 463 g/mol. The van der Waals surface area contributed by atoms with Gasteiger partial charge in [-0.25, -0.2) is 14.1 Å². The van der Waals surface area contributed by atoms with Crippen molar-refractivity contribution < 1.29 is 22.4 Å². The third-order valence-electron chi connectivity index (χ3n) is 4.77. The highest BCUT2D eigenvalue weighted by molar-refractivity contribution is 5.84. The summed E-state index contributed by atoms with van der Waals surface area (Å²) in [5.41, 5.74) is 1.72. The number of rotatable bonds is 8. The quantitative estimate of drug-likeness (QED) is 0.500. The van der Waals surface area contributed by atoms with Crippen LogP contribution >= 0.6 is 0 Å². The number of nitrogens with one attached hydrogen (secondary N) is 2. The lowest BCUT2D eigenvalue weighted by atomic mass is 10.1. The molecule has 2 heterocycles. The number of hydrogen-bond donors (Lipinski definition) is 2. The van der Waals surface area contributed by atoms with Crippen molar-refractivity contribution >= 4 is 11.7 Å². The van der Waals surface area contributed by atoms with Gasteiger partial charge >= 0.3 is 11.7 Å². The predicted molar refractivity (Wildman–Crippen MR) is 114 cm³/mol. The van der Waals surface area contributed by atoms with E-state index in [1.165, 1.54) is 6.20 Å². The standard InChI is InChI=1S/C22H21F4N5O2/c1-14-13-29-20(28-11-9-17-4-2-3-10-27-17)21(33)31(14)30-19(32)8-5-15-12-16(22(24,25)26)6-7-18(15)23/h2-4,6-7,10,12-13H,5,8-9,11H2,1H3,(H,28,29)(H,30,32). The zero-order chi connectivity index (χ0) is 24.0. The molecule has 3 aromatic rings. The molecular weight excluding hydrogens is 442 g/mol. The fraction of sp³-hybridized carbons (Fsp3) is 0.273. The van der Waals surface area contributed by atoms with Crippen LogP contribution < -0.4 is 16.3 Å². The van der Waals surface area contributed by atoms with Crippen LogP contribution in [0.3, 0.4) is 0 Å². The smallest absolute Gasteiger partial charge is 0.365 e. The maximum absolute atomic E-state index is 13.9. The van der Waals surface area contributed by atoms with Crippen molar-refractivity contribution in [3.63, 3.8) is 0 Å². The first-order chi connectivity index (χ1) is 15.6. The number of pyridine rings is 1. The van der Waals surface area contributed by atoms with Crippen molar-refractivity contribution in [1.29, 1.82) is 0 Å². The number of aromatic nitrogens is 3. The van der Waals surface area contributed by atoms with Gasteiger partial charge in [0.2, 0.25) is 5.91 Å². The Morgan fingerprint density at radius 3 is 2.61 bits per heavy atom. The molecule has 7 nitrogen and oxygen atoms in total. The van der Waals surface area contributed by atoms with Gasteiger partial charge in [-0.05, 0) is 49.2 Å². The summed E-state index contributed by atoms with van der Waals surface area (Å²) in [5.74, 6) is -1.49. The van der Waals surface area contributed by atoms with Crippen LogP contribution in [0.15, 0.2) is 53.6 Å². The van der Waals surface area contributed by atoms with Gasteiger partial charge < -0.3 is 5.32 Å². The summed E-state index contributed by atoms with van der Waals surface area (Å²) in [6.45, 7) is 1.93. The normalized spacial score (nSPS) is 11.3. The second kappa shape index (κ2) is 10.2. The Morgan fingerprint density at radius 1 is 1.12 bits per heavy atom. The van der Waals surface area contributed by atoms with Gasteiger partial charge in [0.1, 0.15) is 5.82 Å². The number of hydrogen-bond acceptors (Lipinski definition) is 5. The molecule has 1 aromatic carbocycles. The van der Waals surface area contributed by atoms with Gasteiger partial charge in [0.25, 0.3) is 0 Å². The summed E-state index contributed by atoms with van der Waals surface area (Å²) in [6, 6.07) is 7.52. The van der Waals surface area contributed by atoms with Gasteiger partial charge in [0.15, 0.2) is 5.82 Å². The lowest BCUT2D eigenvalue weighted by molar-refractivity contribution is -0.137. The van der Waals surface area contributed by atoms with Gasteiger partial charge in [0.05, 0.1) is 17.5 Å². The SMILES string of the molecule is Cc1cnc(NCCc2ccccn2)c(=O)n1NC(=O)CCc1cc(C(F)(F)F)ccc1F. The van der Waals surface area contributed by atoms with E-state index < -0.39 is 29.0 Å². The molecular formula is C22H21F4N5O2. The van der Waals surface area contributed by atoms with Crippen molar-refractivity contribution in [3.8, 4) is 0 Å². The van der Waals surface area contributed by atoms with E-state index >= 15 is 0 Å². The third kappa shape index (κ3) is 6.37. The zero-order valence-corrected chi connectivity index (χ0v) is 17.6. The van der Waals surface area contributed by atoms with E-state index in [9.17, 15) is 27.2 Å². The largest absolute Gasteiger partial charge is 0.416 e. The molecule has 1 amide bonds. The minimum Gasteiger partial charge on any atom is -0.365 e. The first-order valence-corrected chi connectivity index (χ1v) is 10.0. The number of carbonyl (C=O) groups is 1. The first kappa shape index (κ1) is 23.9. The summed E-state index contributed by atoms with van der Waals surface area (Å²) in [5, 5.41) is 2.90. The van der Waals surface area contributed by atoms with E-state index in [2.05, 4.69) is 20.7 Å². The molecule has 2 N–H and O–H groups in total. The number of alkyl halides is 3. The average molecular weight is 463 g/mol. The summed E-state index contributed by atoms with van der Waals surface area (Å²) >= 11 is 0. The van der Waals surface area contributed by atoms with Gasteiger partial charge in [-0.3, -0.25) is 20.0 Å². The molecule has 33 heavy (non-hydrogen) atoms. The van der Waals surface area contributed by atoms with E-state index in [1.54, 1.807) is 19.2 Å². The number of nitrogens with zero attached hydrogens (tertiary/aromatic N) is 3. The van der Waals surface area contributed by atoms with E-state index in [4.69, 9.17) is 0 Å². The molecule has 0 aliphatic heterocycles. The van der Waals surface area contributed by atoms with Gasteiger partial charge in [0, 0.05) is 31.3 Å². The highest BCUT2D eigenvalue weighted by Crippen LogP contribution is 2.30. The fourth-order valence-corrected chi connectivity index (χ4v) is 3.02. The lowest BCUT2D eigenvalue weighted by Gasteiger charge is -2.14. The molecule has 0 spiro atoms. The number of anilines is 1. The molecule has 0 atom stereocenters. The average Bonchev–Trinajstić information content (AvgIpc) is 2.77. The van der Waals surface area contributed by atoms with Crippen molar-refractivity contribution in [3.05, 3.63) is 87.5 Å². The molecule has 0 aliphatic rings. The molecule has 0 saturated heterocycles. The molecule has 174 valence electrons. The van der Waals surface area contributed by atoms with Crippen LogP contribution in [0.4, 0.5) is 23.4 Å². The van der Waals surface area contributed by atoms with E-state index in [1.807, 2.05) is 12.1 Å². The summed E-state index contributed by atoms with van der Waals surface area (Å²) < 4.78 is 53.4. The van der Waals surface area contributed by atoms with Crippen LogP contribution in [-0.4, -0.2) is 27.1 Å². The van der Waals surface area contributed by atoms with Crippen LogP contribution in [0.1, 0.15) is 28.9 Å². The Bertz CT molecular complexity index is 1180. The summed E-state index contributed by atoms with van der Waals surface area (Å²) in [4.78, 5) is 33.2. The molecule has 3 rings (SSSR count). The van der Waals surface area contributed by atoms with E-state index in [0.29, 0.717) is 30.8 Å². The van der Waals surface area contributed by atoms with Crippen LogP contribution in [0.5, 0.6) is 0 Å². The topological polar surface area (TPSA) is 88.9 Å². The minimum absolute atomic E-state index is 0.0146. The maximum Gasteiger partial charge on any atom is 0.416 e. The van der Waals surface area contributed by atoms with Gasteiger partial charge in [-0.1, -0.05) is 6.07 Å². The van der Waals surface area contributed by atoms with Crippen LogP contribution in [-0.2, 0) is 23.8 Å². The highest BCUT2D eigenvalue weighted by Gasteiger charge is 2.31. The van der Waals surface area contributed by atoms with E-state index in [-0.39, 0.29) is 24.2 Å². The van der Waals surface area contributed by atoms with Crippen molar-refractivity contribution in [2.45, 2.75) is 32.4 Å². The van der Waals surface area contributed by atoms with Crippen LogP contribution in [0, 0.1) is 12.7 Å². The number of benzene rings is 1. The van der Waals surface area contributed by atoms with Crippen molar-refractivity contribution in [1.82, 2.24) is 14.6 Å². The molecule has 2 aromatic heterocycles. The molecule has 0 saturated carbocycles. The highest BCUT2D eigenvalue weighted by atomic mass is 19.4. The molecule has 0 bridgehead atoms. The number of amides is 1. The van der Waals surface area contributed by atoms with Crippen molar-refractivity contribution in [2.24, 2.45) is 0 Å². The Balaban J connectivity index is 1.64. The summed E-state index contributed by atoms with van der Waals surface area (Å²) in [6.07, 6.45) is -1.62. The second-order valence-electron chi connectivity index (χ2n) is 7.23. The summed E-state index contributed by atoms with van der Waals surface area (Å²) in [7, 11) is 0. The predicted octanol–water partition coefficient (Wildman–Crippen LogP) is 3.46. The number of halogens is 4. The Labute approximate surface area is 186 Å². The molecule has 11 heteroatoms. The van der Waals surface area contributed by atoms with Crippen LogP contribution in [0.25, 0.3) is 0 Å². The molecule has 0 aliphatic carbocycles. The number of aryl methyl sites for hydroxylation is 2. The van der Waals surface area contributed by atoms with Crippen LogP contribution in [0.2, 0.25) is 0 Å². The van der Waals surface area contributed by atoms with Gasteiger partial charge in [-0.15, -0.1) is 0 Å². The second-order valence-corrected chi connectivity index (χ2v) is 7.23. The lowest BCUT2D eigenvalue weighted by Crippen LogP contribution is -2.36. The Morgan fingerprint density at radius 2 is 1.91 bits per heavy atom. The fourth-order valence-electron chi connectivity index (χ4n) is 3.02. The molecule has 0 radical (unpaired) electrons. The van der Waals surface area contributed by atoms with Gasteiger partial charge in [-0.2, -0.15) is 13.2 Å². The zero-order valence-electron chi connectivity index (χ0n) is 17.6. The first-order valence-electron chi connectivity index (χ1n) is 10.0. The molecule has 0 fully saturated rings. The maximum atomic E-state index is 13.9. The van der Waals surface area contributed by atoms with Crippen molar-refractivity contribution in [2.75, 3.05) is 17.3 Å². The Hall–Kier alpha value is -3.76.